The second-order valence-electron chi connectivity index (χ2n) is 6.21. The maximum Gasteiger partial charge on any atom is 0.273 e. The van der Waals surface area contributed by atoms with Gasteiger partial charge >= 0.3 is 0 Å². The van der Waals surface area contributed by atoms with Gasteiger partial charge in [-0.3, -0.25) is 19.7 Å². The van der Waals surface area contributed by atoms with Crippen LogP contribution in [-0.4, -0.2) is 41.1 Å². The molecule has 0 aliphatic rings. The average molecular weight is 362 g/mol. The summed E-state index contributed by atoms with van der Waals surface area (Å²) in [6.45, 7) is 3.89. The number of aromatic nitrogens is 7. The Morgan fingerprint density at radius 1 is 1.19 bits per heavy atom. The molecule has 0 aliphatic carbocycles. The molecule has 27 heavy (non-hydrogen) atoms. The van der Waals surface area contributed by atoms with Gasteiger partial charge in [0.15, 0.2) is 5.82 Å². The lowest BCUT2D eigenvalue weighted by atomic mass is 10.1. The van der Waals surface area contributed by atoms with Crippen LogP contribution in [0.2, 0.25) is 0 Å². The van der Waals surface area contributed by atoms with E-state index >= 15 is 0 Å². The van der Waals surface area contributed by atoms with Gasteiger partial charge in [0.2, 0.25) is 0 Å². The van der Waals surface area contributed by atoms with Crippen molar-refractivity contribution >= 4 is 11.6 Å². The Hall–Kier alpha value is -3.75. The normalized spacial score (nSPS) is 10.9. The third-order valence-electron chi connectivity index (χ3n) is 4.40. The first-order chi connectivity index (χ1) is 13.0. The lowest BCUT2D eigenvalue weighted by Crippen LogP contribution is -2.12. The summed E-state index contributed by atoms with van der Waals surface area (Å²) in [5.41, 5.74) is 5.34. The van der Waals surface area contributed by atoms with Gasteiger partial charge in [-0.25, -0.2) is 4.98 Å². The van der Waals surface area contributed by atoms with E-state index in [-0.39, 0.29) is 5.91 Å². The van der Waals surface area contributed by atoms with Crippen molar-refractivity contribution in [1.82, 2.24) is 35.2 Å². The van der Waals surface area contributed by atoms with Gasteiger partial charge in [0.05, 0.1) is 11.4 Å². The number of carbonyl (C=O) groups excluding carboxylic acids is 1. The first-order valence-electron chi connectivity index (χ1n) is 8.36. The number of rotatable bonds is 4. The molecule has 0 saturated heterocycles. The summed E-state index contributed by atoms with van der Waals surface area (Å²) in [6.07, 6.45) is 1.44. The average Bonchev–Trinajstić information content (AvgIpc) is 3.38. The molecule has 0 fully saturated rings. The highest BCUT2D eigenvalue weighted by Crippen LogP contribution is 2.25. The molecule has 1 amide bonds. The lowest BCUT2D eigenvalue weighted by molar-refractivity contribution is 0.102. The Balaban J connectivity index is 1.56. The molecule has 0 bridgehead atoms. The topological polar surface area (TPSA) is 117 Å². The van der Waals surface area contributed by atoms with Gasteiger partial charge in [-0.05, 0) is 32.0 Å². The molecule has 3 N–H and O–H groups in total. The zero-order valence-electron chi connectivity index (χ0n) is 15.1. The van der Waals surface area contributed by atoms with Crippen LogP contribution >= 0.6 is 0 Å². The molecule has 0 radical (unpaired) electrons. The number of anilines is 1. The van der Waals surface area contributed by atoms with E-state index in [1.165, 1.54) is 6.33 Å². The largest absolute Gasteiger partial charge is 0.321 e. The molecule has 0 atom stereocenters. The van der Waals surface area contributed by atoms with Crippen molar-refractivity contribution < 1.29 is 4.79 Å². The van der Waals surface area contributed by atoms with Crippen LogP contribution in [0.3, 0.4) is 0 Å². The SMILES string of the molecule is Cc1nn(C)c(C)c1-c1cc(C(=O)Nc2cccc(-c3ncn[nH]3)c2)[nH]n1. The quantitative estimate of drug-likeness (QED) is 0.515. The van der Waals surface area contributed by atoms with Gasteiger partial charge in [0.25, 0.3) is 5.91 Å². The number of nitrogens with zero attached hydrogens (tertiary/aromatic N) is 5. The van der Waals surface area contributed by atoms with Gasteiger partial charge in [-0.1, -0.05) is 12.1 Å². The summed E-state index contributed by atoms with van der Waals surface area (Å²) >= 11 is 0. The summed E-state index contributed by atoms with van der Waals surface area (Å²) in [7, 11) is 1.88. The van der Waals surface area contributed by atoms with E-state index in [1.54, 1.807) is 10.7 Å². The number of aryl methyl sites for hydroxylation is 2. The smallest absolute Gasteiger partial charge is 0.273 e. The maximum absolute atomic E-state index is 12.6. The summed E-state index contributed by atoms with van der Waals surface area (Å²) in [6, 6.07) is 9.09. The fourth-order valence-electron chi connectivity index (χ4n) is 3.00. The summed E-state index contributed by atoms with van der Waals surface area (Å²) < 4.78 is 1.80. The van der Waals surface area contributed by atoms with E-state index in [2.05, 4.69) is 35.8 Å². The number of hydrogen-bond donors (Lipinski definition) is 3. The second-order valence-corrected chi connectivity index (χ2v) is 6.21. The van der Waals surface area contributed by atoms with Crippen molar-refractivity contribution in [3.05, 3.63) is 53.7 Å². The highest BCUT2D eigenvalue weighted by molar-refractivity contribution is 6.03. The molecule has 1 aromatic carbocycles. The maximum atomic E-state index is 12.6. The van der Waals surface area contributed by atoms with Crippen LogP contribution in [0.25, 0.3) is 22.6 Å². The van der Waals surface area contributed by atoms with Gasteiger partial charge < -0.3 is 5.32 Å². The predicted octanol–water partition coefficient (Wildman–Crippen LogP) is 2.46. The molecule has 0 spiro atoms. The zero-order valence-corrected chi connectivity index (χ0v) is 15.1. The second kappa shape index (κ2) is 6.52. The van der Waals surface area contributed by atoms with Crippen LogP contribution in [0, 0.1) is 13.8 Å². The van der Waals surface area contributed by atoms with Crippen LogP contribution in [0.4, 0.5) is 5.69 Å². The minimum Gasteiger partial charge on any atom is -0.321 e. The minimum absolute atomic E-state index is 0.275. The molecule has 9 nitrogen and oxygen atoms in total. The van der Waals surface area contributed by atoms with E-state index in [0.717, 1.165) is 22.5 Å². The Bertz CT molecular complexity index is 1110. The van der Waals surface area contributed by atoms with Crippen LogP contribution in [0.5, 0.6) is 0 Å². The number of benzene rings is 1. The number of H-pyrrole nitrogens is 2. The van der Waals surface area contributed by atoms with E-state index < -0.39 is 0 Å². The monoisotopic (exact) mass is 362 g/mol. The number of hydrogen-bond acceptors (Lipinski definition) is 5. The van der Waals surface area contributed by atoms with Crippen LogP contribution < -0.4 is 5.32 Å². The van der Waals surface area contributed by atoms with E-state index in [4.69, 9.17) is 0 Å². The highest BCUT2D eigenvalue weighted by Gasteiger charge is 2.17. The van der Waals surface area contributed by atoms with Crippen molar-refractivity contribution in [3.8, 4) is 22.6 Å². The molecule has 3 heterocycles. The fraction of sp³-hybridized carbons (Fsp3) is 0.167. The molecule has 136 valence electrons. The highest BCUT2D eigenvalue weighted by atomic mass is 16.1. The standard InChI is InChI=1S/C18H18N8O/c1-10-16(11(2)26(3)25-10)14-8-15(23-22-14)18(27)21-13-6-4-5-12(7-13)17-19-9-20-24-17/h4-9H,1-3H3,(H,21,27)(H,22,23)(H,19,20,24). The lowest BCUT2D eigenvalue weighted by Gasteiger charge is -2.05. The fourth-order valence-corrected chi connectivity index (χ4v) is 3.00. The molecule has 0 unspecified atom stereocenters. The molecule has 0 aliphatic heterocycles. The Morgan fingerprint density at radius 2 is 2.04 bits per heavy atom. The summed E-state index contributed by atoms with van der Waals surface area (Å²) in [5.74, 6) is 0.361. The summed E-state index contributed by atoms with van der Waals surface area (Å²) in [5, 5.41) is 21.0. The number of aromatic amines is 2. The molecular formula is C18H18N8O. The van der Waals surface area contributed by atoms with Gasteiger partial charge in [0, 0.05) is 29.6 Å². The van der Waals surface area contributed by atoms with Crippen molar-refractivity contribution in [3.63, 3.8) is 0 Å². The molecule has 9 heteroatoms. The molecule has 0 saturated carbocycles. The van der Waals surface area contributed by atoms with Gasteiger partial charge in [-0.2, -0.15) is 15.3 Å². The third-order valence-corrected chi connectivity index (χ3v) is 4.40. The first kappa shape index (κ1) is 16.7. The Kier molecular flexibility index (Phi) is 4.03. The van der Waals surface area contributed by atoms with E-state index in [0.29, 0.717) is 22.9 Å². The molecule has 4 rings (SSSR count). The van der Waals surface area contributed by atoms with Crippen molar-refractivity contribution in [1.29, 1.82) is 0 Å². The van der Waals surface area contributed by atoms with Crippen molar-refractivity contribution in [2.75, 3.05) is 5.32 Å². The van der Waals surface area contributed by atoms with Gasteiger partial charge in [-0.15, -0.1) is 0 Å². The predicted molar refractivity (Wildman–Crippen MR) is 100 cm³/mol. The molecule has 3 aromatic heterocycles. The van der Waals surface area contributed by atoms with E-state index in [1.807, 2.05) is 45.2 Å². The van der Waals surface area contributed by atoms with Crippen LogP contribution in [0.1, 0.15) is 21.9 Å². The Morgan fingerprint density at radius 3 is 2.74 bits per heavy atom. The summed E-state index contributed by atoms with van der Waals surface area (Å²) in [4.78, 5) is 16.7. The van der Waals surface area contributed by atoms with Crippen LogP contribution in [0.15, 0.2) is 36.7 Å². The van der Waals surface area contributed by atoms with E-state index in [9.17, 15) is 4.79 Å². The van der Waals surface area contributed by atoms with Crippen molar-refractivity contribution in [2.45, 2.75) is 13.8 Å². The number of nitrogens with one attached hydrogen (secondary N) is 3. The molecule has 4 aromatic rings. The number of amides is 1. The Labute approximate surface area is 154 Å². The molecular weight excluding hydrogens is 344 g/mol. The third kappa shape index (κ3) is 3.10. The van der Waals surface area contributed by atoms with Crippen molar-refractivity contribution in [2.24, 2.45) is 7.05 Å². The zero-order chi connectivity index (χ0) is 19.0. The van der Waals surface area contributed by atoms with Gasteiger partial charge in [0.1, 0.15) is 12.0 Å². The number of carbonyl (C=O) groups is 1. The minimum atomic E-state index is -0.275. The first-order valence-corrected chi connectivity index (χ1v) is 8.36. The van der Waals surface area contributed by atoms with Crippen LogP contribution in [-0.2, 0) is 7.05 Å².